The van der Waals surface area contributed by atoms with Gasteiger partial charge >= 0.3 is 12.0 Å². The lowest BCUT2D eigenvalue weighted by molar-refractivity contribution is -0.153. The highest BCUT2D eigenvalue weighted by molar-refractivity contribution is 6.00. The molecule has 0 unspecified atom stereocenters. The molecule has 6 nitrogen and oxygen atoms in total. The van der Waals surface area contributed by atoms with Crippen LogP contribution in [0.1, 0.15) is 26.3 Å². The Hall–Kier alpha value is -3.02. The summed E-state index contributed by atoms with van der Waals surface area (Å²) >= 11 is 0. The molecule has 0 aliphatic heterocycles. The number of benzene rings is 2. The Morgan fingerprint density at radius 3 is 2.27 bits per heavy atom. The molecule has 0 aliphatic carbocycles. The lowest BCUT2D eigenvalue weighted by Gasteiger charge is -2.23. The fourth-order valence-corrected chi connectivity index (χ4v) is 2.52. The second-order valence-electron chi connectivity index (χ2n) is 6.78. The van der Waals surface area contributed by atoms with E-state index < -0.39 is 11.6 Å². The van der Waals surface area contributed by atoms with Crippen LogP contribution in [0.3, 0.4) is 0 Å². The van der Waals surface area contributed by atoms with Gasteiger partial charge in [0.15, 0.2) is 0 Å². The molecule has 0 bridgehead atoms. The first-order valence-electron chi connectivity index (χ1n) is 8.24. The summed E-state index contributed by atoms with van der Waals surface area (Å²) in [6.07, 6.45) is 0.107. The van der Waals surface area contributed by atoms with Gasteiger partial charge in [0.25, 0.3) is 0 Å². The predicted octanol–water partition coefficient (Wildman–Crippen LogP) is 3.80. The Labute approximate surface area is 153 Å². The van der Waals surface area contributed by atoms with Crippen LogP contribution in [0.25, 0.3) is 0 Å². The first kappa shape index (κ1) is 19.3. The van der Waals surface area contributed by atoms with E-state index in [2.05, 4.69) is 0 Å². The largest absolute Gasteiger partial charge is 0.495 e. The maximum Gasteiger partial charge on any atom is 0.324 e. The number of nitrogens with two attached hydrogens (primary N) is 1. The summed E-state index contributed by atoms with van der Waals surface area (Å²) in [7, 11) is 1.50. The van der Waals surface area contributed by atoms with E-state index in [-0.39, 0.29) is 12.4 Å². The summed E-state index contributed by atoms with van der Waals surface area (Å²) in [5.41, 5.74) is 6.87. The quantitative estimate of drug-likeness (QED) is 0.826. The minimum atomic E-state index is -0.630. The minimum absolute atomic E-state index is 0.107. The summed E-state index contributed by atoms with van der Waals surface area (Å²) in [5.74, 6) is 0.107. The van der Waals surface area contributed by atoms with Gasteiger partial charge in [0, 0.05) is 0 Å². The number of hydrogen-bond donors (Lipinski definition) is 1. The molecule has 0 fully saturated rings. The van der Waals surface area contributed by atoms with Gasteiger partial charge in [0.1, 0.15) is 11.4 Å². The van der Waals surface area contributed by atoms with Crippen LogP contribution in [-0.2, 0) is 16.0 Å². The maximum atomic E-state index is 12.0. The standard InChI is InChI=1S/C20H24N2O4/c1-20(2,3)26-18(23)13-14-10-11-16(17(12-14)25-4)22(19(21)24)15-8-6-5-7-9-15/h5-12H,13H2,1-4H3,(H2,21,24). The van der Waals surface area contributed by atoms with E-state index in [4.69, 9.17) is 15.2 Å². The van der Waals surface area contributed by atoms with Gasteiger partial charge in [-0.1, -0.05) is 24.3 Å². The summed E-state index contributed by atoms with van der Waals surface area (Å²) < 4.78 is 10.8. The molecule has 0 radical (unpaired) electrons. The number of hydrogen-bond acceptors (Lipinski definition) is 4. The number of primary amides is 1. The van der Waals surface area contributed by atoms with Gasteiger partial charge in [0.2, 0.25) is 0 Å². The van der Waals surface area contributed by atoms with Crippen molar-refractivity contribution in [3.8, 4) is 5.75 Å². The molecule has 0 aromatic heterocycles. The van der Waals surface area contributed by atoms with Crippen molar-refractivity contribution in [1.29, 1.82) is 0 Å². The van der Waals surface area contributed by atoms with Crippen LogP contribution in [0.15, 0.2) is 48.5 Å². The Morgan fingerprint density at radius 1 is 1.08 bits per heavy atom. The Bertz CT molecular complexity index is 782. The molecule has 0 saturated heterocycles. The topological polar surface area (TPSA) is 81.9 Å². The van der Waals surface area contributed by atoms with Crippen LogP contribution in [0.5, 0.6) is 5.75 Å². The molecule has 138 valence electrons. The molecule has 0 heterocycles. The van der Waals surface area contributed by atoms with E-state index in [1.54, 1.807) is 30.3 Å². The number of nitrogens with zero attached hydrogens (tertiary/aromatic N) is 1. The third-order valence-electron chi connectivity index (χ3n) is 3.49. The number of ether oxygens (including phenoxy) is 2. The zero-order valence-corrected chi connectivity index (χ0v) is 15.5. The van der Waals surface area contributed by atoms with Crippen molar-refractivity contribution in [1.82, 2.24) is 0 Å². The van der Waals surface area contributed by atoms with Gasteiger partial charge in [-0.15, -0.1) is 0 Å². The van der Waals surface area contributed by atoms with Crippen LogP contribution < -0.4 is 15.4 Å². The van der Waals surface area contributed by atoms with Gasteiger partial charge in [-0.05, 0) is 50.6 Å². The zero-order valence-electron chi connectivity index (χ0n) is 15.5. The van der Waals surface area contributed by atoms with Crippen molar-refractivity contribution in [2.75, 3.05) is 12.0 Å². The van der Waals surface area contributed by atoms with Gasteiger partial charge in [-0.3, -0.25) is 9.69 Å². The number of anilines is 2. The molecule has 2 amide bonds. The first-order valence-corrected chi connectivity index (χ1v) is 8.24. The first-order chi connectivity index (χ1) is 12.2. The second-order valence-corrected chi connectivity index (χ2v) is 6.78. The van der Waals surface area contributed by atoms with Crippen LogP contribution in [-0.4, -0.2) is 24.7 Å². The second kappa shape index (κ2) is 7.91. The van der Waals surface area contributed by atoms with Gasteiger partial charge < -0.3 is 15.2 Å². The molecule has 26 heavy (non-hydrogen) atoms. The van der Waals surface area contributed by atoms with Crippen molar-refractivity contribution in [3.63, 3.8) is 0 Å². The SMILES string of the molecule is COc1cc(CC(=O)OC(C)(C)C)ccc1N(C(N)=O)c1ccccc1. The third kappa shape index (κ3) is 4.99. The van der Waals surface area contributed by atoms with Crippen LogP contribution in [0.2, 0.25) is 0 Å². The van der Waals surface area contributed by atoms with Crippen molar-refractivity contribution in [3.05, 3.63) is 54.1 Å². The van der Waals surface area contributed by atoms with E-state index in [1.807, 2.05) is 39.0 Å². The van der Waals surface area contributed by atoms with E-state index in [0.717, 1.165) is 5.56 Å². The number of amides is 2. The smallest absolute Gasteiger partial charge is 0.324 e. The highest BCUT2D eigenvalue weighted by Gasteiger charge is 2.21. The maximum absolute atomic E-state index is 12.0. The van der Waals surface area contributed by atoms with Crippen molar-refractivity contribution < 1.29 is 19.1 Å². The number of methoxy groups -OCH3 is 1. The number of esters is 1. The van der Waals surface area contributed by atoms with Gasteiger partial charge in [0.05, 0.1) is 24.9 Å². The summed E-state index contributed by atoms with van der Waals surface area (Å²) in [6.45, 7) is 5.46. The van der Waals surface area contributed by atoms with E-state index >= 15 is 0 Å². The van der Waals surface area contributed by atoms with Crippen LogP contribution >= 0.6 is 0 Å². The van der Waals surface area contributed by atoms with E-state index in [0.29, 0.717) is 17.1 Å². The number of urea groups is 1. The Kier molecular flexibility index (Phi) is 5.87. The zero-order chi connectivity index (χ0) is 19.3. The monoisotopic (exact) mass is 356 g/mol. The van der Waals surface area contributed by atoms with Crippen LogP contribution in [0.4, 0.5) is 16.2 Å². The molecule has 2 aromatic carbocycles. The van der Waals surface area contributed by atoms with Crippen molar-refractivity contribution in [2.45, 2.75) is 32.8 Å². The molecule has 6 heteroatoms. The third-order valence-corrected chi connectivity index (χ3v) is 3.49. The number of rotatable bonds is 5. The van der Waals surface area contributed by atoms with Gasteiger partial charge in [-0.2, -0.15) is 0 Å². The number of para-hydroxylation sites is 1. The molecule has 0 aliphatic rings. The number of carbonyl (C=O) groups excluding carboxylic acids is 2. The molecule has 2 N–H and O–H groups in total. The summed E-state index contributed by atoms with van der Waals surface area (Å²) in [4.78, 5) is 25.4. The highest BCUT2D eigenvalue weighted by Crippen LogP contribution is 2.34. The lowest BCUT2D eigenvalue weighted by Crippen LogP contribution is -2.31. The van der Waals surface area contributed by atoms with E-state index in [1.165, 1.54) is 12.0 Å². The molecular formula is C20H24N2O4. The van der Waals surface area contributed by atoms with Crippen molar-refractivity contribution in [2.24, 2.45) is 5.73 Å². The lowest BCUT2D eigenvalue weighted by atomic mass is 10.1. The summed E-state index contributed by atoms with van der Waals surface area (Å²) in [6, 6.07) is 13.6. The van der Waals surface area contributed by atoms with Gasteiger partial charge in [-0.25, -0.2) is 4.79 Å². The molecular weight excluding hydrogens is 332 g/mol. The molecule has 2 aromatic rings. The number of carbonyl (C=O) groups is 2. The predicted molar refractivity (Wildman–Crippen MR) is 101 cm³/mol. The van der Waals surface area contributed by atoms with Crippen molar-refractivity contribution >= 4 is 23.4 Å². The highest BCUT2D eigenvalue weighted by atomic mass is 16.6. The summed E-state index contributed by atoms with van der Waals surface area (Å²) in [5, 5.41) is 0. The molecule has 0 spiro atoms. The fraction of sp³-hybridized carbons (Fsp3) is 0.300. The van der Waals surface area contributed by atoms with E-state index in [9.17, 15) is 9.59 Å². The van der Waals surface area contributed by atoms with Crippen LogP contribution in [0, 0.1) is 0 Å². The average Bonchev–Trinajstić information content (AvgIpc) is 2.55. The molecule has 2 rings (SSSR count). The average molecular weight is 356 g/mol. The molecule has 0 saturated carbocycles. The minimum Gasteiger partial charge on any atom is -0.495 e. The normalized spacial score (nSPS) is 10.9. The molecule has 0 atom stereocenters. The Morgan fingerprint density at radius 2 is 1.73 bits per heavy atom. The fourth-order valence-electron chi connectivity index (χ4n) is 2.52. The Balaban J connectivity index is 2.33.